The van der Waals surface area contributed by atoms with Gasteiger partial charge in [-0.25, -0.2) is 4.98 Å². The molecule has 0 spiro atoms. The summed E-state index contributed by atoms with van der Waals surface area (Å²) in [5.41, 5.74) is 10.6. The van der Waals surface area contributed by atoms with Crippen LogP contribution in [-0.4, -0.2) is 9.38 Å². The topological polar surface area (TPSA) is 17.3 Å². The van der Waals surface area contributed by atoms with Crippen LogP contribution in [0.3, 0.4) is 0 Å². The molecule has 2 nitrogen and oxygen atoms in total. The summed E-state index contributed by atoms with van der Waals surface area (Å²) in [4.78, 5) is 8.09. The molecule has 0 bridgehead atoms. The molecule has 0 saturated heterocycles. The number of aromatic nitrogens is 2. The molecule has 8 aromatic carbocycles. The van der Waals surface area contributed by atoms with Crippen LogP contribution >= 0.6 is 23.1 Å². The first-order valence-corrected chi connectivity index (χ1v) is 18.9. The first-order valence-electron chi connectivity index (χ1n) is 17.3. The molecule has 4 heterocycles. The van der Waals surface area contributed by atoms with E-state index >= 15 is 0 Å². The van der Waals surface area contributed by atoms with Crippen LogP contribution in [0.2, 0.25) is 0 Å². The Kier molecular flexibility index (Phi) is 5.62. The molecular formula is C47H26N2S2. The van der Waals surface area contributed by atoms with Gasteiger partial charge in [0.1, 0.15) is 0 Å². The van der Waals surface area contributed by atoms with Gasteiger partial charge in [0.25, 0.3) is 0 Å². The maximum Gasteiger partial charge on any atom is 0.156 e. The summed E-state index contributed by atoms with van der Waals surface area (Å²) in [6.45, 7) is 0. The largest absolute Gasteiger partial charge is 0.291 e. The molecule has 0 atom stereocenters. The minimum atomic E-state index is 1.02. The van der Waals surface area contributed by atoms with Crippen LogP contribution < -0.4 is 0 Å². The molecule has 4 heteroatoms. The van der Waals surface area contributed by atoms with Crippen LogP contribution in [0.4, 0.5) is 0 Å². The van der Waals surface area contributed by atoms with E-state index in [1.807, 2.05) is 23.1 Å². The highest BCUT2D eigenvalue weighted by Crippen LogP contribution is 2.49. The quantitative estimate of drug-likeness (QED) is 0.181. The molecule has 0 N–H and O–H groups in total. The number of hydrogen-bond donors (Lipinski definition) is 0. The van der Waals surface area contributed by atoms with E-state index in [4.69, 9.17) is 4.98 Å². The van der Waals surface area contributed by atoms with E-state index < -0.39 is 0 Å². The average Bonchev–Trinajstić information content (AvgIpc) is 3.77. The van der Waals surface area contributed by atoms with E-state index in [-0.39, 0.29) is 0 Å². The van der Waals surface area contributed by atoms with E-state index in [2.05, 4.69) is 162 Å². The summed E-state index contributed by atoms with van der Waals surface area (Å²) in [6, 6.07) is 58.2. The minimum Gasteiger partial charge on any atom is -0.291 e. The van der Waals surface area contributed by atoms with Gasteiger partial charge in [-0.3, -0.25) is 4.40 Å². The van der Waals surface area contributed by atoms with Crippen LogP contribution in [0.5, 0.6) is 0 Å². The Morgan fingerprint density at radius 2 is 1.20 bits per heavy atom. The van der Waals surface area contributed by atoms with Gasteiger partial charge in [-0.15, -0.1) is 11.3 Å². The Morgan fingerprint density at radius 1 is 0.471 bits per heavy atom. The number of fused-ring (bicyclic) bond motifs is 13. The van der Waals surface area contributed by atoms with Crippen molar-refractivity contribution in [3.63, 3.8) is 0 Å². The fourth-order valence-electron chi connectivity index (χ4n) is 8.40. The van der Waals surface area contributed by atoms with Gasteiger partial charge in [0.15, 0.2) is 5.65 Å². The van der Waals surface area contributed by atoms with Crippen LogP contribution in [0, 0.1) is 0 Å². The number of benzene rings is 8. The molecule has 0 radical (unpaired) electrons. The second kappa shape index (κ2) is 10.3. The van der Waals surface area contributed by atoms with Gasteiger partial charge >= 0.3 is 0 Å². The summed E-state index contributed by atoms with van der Waals surface area (Å²) in [6.07, 6.45) is 0. The van der Waals surface area contributed by atoms with Gasteiger partial charge in [-0.2, -0.15) is 0 Å². The second-order valence-electron chi connectivity index (χ2n) is 13.5. The number of nitrogens with zero attached hydrogens (tertiary/aromatic N) is 2. The van der Waals surface area contributed by atoms with E-state index in [9.17, 15) is 0 Å². The van der Waals surface area contributed by atoms with Gasteiger partial charge in [0.2, 0.25) is 0 Å². The Balaban J connectivity index is 1.08. The lowest BCUT2D eigenvalue weighted by Gasteiger charge is -2.21. The summed E-state index contributed by atoms with van der Waals surface area (Å²) >= 11 is 3.73. The second-order valence-corrected chi connectivity index (χ2v) is 15.6. The molecule has 0 unspecified atom stereocenters. The predicted molar refractivity (Wildman–Crippen MR) is 219 cm³/mol. The molecule has 236 valence electrons. The third-order valence-corrected chi connectivity index (χ3v) is 13.1. The van der Waals surface area contributed by atoms with E-state index in [1.54, 1.807) is 0 Å². The van der Waals surface area contributed by atoms with Crippen molar-refractivity contribution in [3.8, 4) is 33.5 Å². The van der Waals surface area contributed by atoms with E-state index in [0.717, 1.165) is 22.4 Å². The Bertz CT molecular complexity index is 3270. The smallest absolute Gasteiger partial charge is 0.156 e. The fraction of sp³-hybridized carbons (Fsp3) is 0. The standard InChI is InChI=1S/C47H26N2S2/c1-3-11-33-28(7-1)20-24-42-44(33)37-26-39(49-38-22-19-29-8-2-4-12-34(29)45(38)48-47(49)46(37)51-42)30-17-15-27(16-18-30)32-21-23-40-36(25-32)35-13-5-9-31-10-6-14-41(50-40)43(31)35/h1-26H. The number of pyridine rings is 1. The molecule has 0 amide bonds. The summed E-state index contributed by atoms with van der Waals surface area (Å²) < 4.78 is 4.91. The van der Waals surface area contributed by atoms with Crippen molar-refractivity contribution in [1.29, 1.82) is 0 Å². The third-order valence-electron chi connectivity index (χ3n) is 10.8. The molecule has 3 aromatic heterocycles. The zero-order valence-corrected chi connectivity index (χ0v) is 28.9. The van der Waals surface area contributed by atoms with Crippen LogP contribution in [0.25, 0.3) is 103 Å². The lowest BCUT2D eigenvalue weighted by atomic mass is 9.94. The first kappa shape index (κ1) is 27.8. The molecule has 1 aliphatic rings. The van der Waals surface area contributed by atoms with Gasteiger partial charge in [-0.05, 0) is 85.8 Å². The summed E-state index contributed by atoms with van der Waals surface area (Å²) in [7, 11) is 0. The van der Waals surface area contributed by atoms with Crippen LogP contribution in [0.15, 0.2) is 168 Å². The van der Waals surface area contributed by atoms with E-state index in [1.165, 1.54) is 90.1 Å². The highest BCUT2D eigenvalue weighted by molar-refractivity contribution is 7.99. The Morgan fingerprint density at radius 3 is 2.08 bits per heavy atom. The van der Waals surface area contributed by atoms with Crippen molar-refractivity contribution >= 4 is 92.3 Å². The van der Waals surface area contributed by atoms with Crippen LogP contribution in [-0.2, 0) is 0 Å². The number of hydrogen-bond acceptors (Lipinski definition) is 3. The SMILES string of the molecule is c1cc2c3c(cccc3c1)-c1cc(-c3ccc(-c4cc5c(sc6ccc7ccccc7c65)c5nc6c7ccccc7ccc6n45)cc3)ccc1S2. The molecule has 11 aromatic rings. The van der Waals surface area contributed by atoms with Gasteiger partial charge in [0.05, 0.1) is 21.4 Å². The van der Waals surface area contributed by atoms with Gasteiger partial charge < -0.3 is 0 Å². The highest BCUT2D eigenvalue weighted by atomic mass is 32.2. The van der Waals surface area contributed by atoms with Crippen molar-refractivity contribution in [2.75, 3.05) is 0 Å². The molecule has 51 heavy (non-hydrogen) atoms. The molecular weight excluding hydrogens is 657 g/mol. The van der Waals surface area contributed by atoms with Crippen LogP contribution in [0.1, 0.15) is 0 Å². The lowest BCUT2D eigenvalue weighted by molar-refractivity contribution is 1.25. The normalized spacial score (nSPS) is 12.6. The predicted octanol–water partition coefficient (Wildman–Crippen LogP) is 13.8. The number of rotatable bonds is 2. The average molecular weight is 683 g/mol. The third kappa shape index (κ3) is 3.92. The highest BCUT2D eigenvalue weighted by Gasteiger charge is 2.21. The van der Waals surface area contributed by atoms with Gasteiger partial charge in [0, 0.05) is 36.0 Å². The maximum absolute atomic E-state index is 5.44. The van der Waals surface area contributed by atoms with Crippen molar-refractivity contribution in [3.05, 3.63) is 158 Å². The zero-order chi connectivity index (χ0) is 33.2. The monoisotopic (exact) mass is 682 g/mol. The summed E-state index contributed by atoms with van der Waals surface area (Å²) in [5.74, 6) is 0. The minimum absolute atomic E-state index is 1.02. The van der Waals surface area contributed by atoms with E-state index in [0.29, 0.717) is 0 Å². The molecule has 0 saturated carbocycles. The maximum atomic E-state index is 5.44. The lowest BCUT2D eigenvalue weighted by Crippen LogP contribution is -1.94. The molecule has 0 aliphatic carbocycles. The fourth-order valence-corrected chi connectivity index (χ4v) is 10.7. The molecule has 12 rings (SSSR count). The van der Waals surface area contributed by atoms with Crippen molar-refractivity contribution < 1.29 is 0 Å². The summed E-state index contributed by atoms with van der Waals surface area (Å²) in [5, 5.41) is 10.2. The number of thiophene rings is 1. The van der Waals surface area contributed by atoms with Crippen molar-refractivity contribution in [1.82, 2.24) is 9.38 Å². The van der Waals surface area contributed by atoms with Gasteiger partial charge in [-0.1, -0.05) is 133 Å². The Labute approximate surface area is 301 Å². The molecule has 1 aliphatic heterocycles. The molecule has 0 fully saturated rings. The Hall–Kier alpha value is -5.94. The van der Waals surface area contributed by atoms with Crippen molar-refractivity contribution in [2.24, 2.45) is 0 Å². The zero-order valence-electron chi connectivity index (χ0n) is 27.2. The number of imidazole rings is 1. The van der Waals surface area contributed by atoms with Crippen molar-refractivity contribution in [2.45, 2.75) is 9.79 Å². The first-order chi connectivity index (χ1) is 25.3.